The van der Waals surface area contributed by atoms with E-state index in [0.717, 1.165) is 19.6 Å². The molecule has 104 valence electrons. The number of nitrogens with zero attached hydrogens (tertiary/aromatic N) is 1. The SMILES string of the molecule is CN(C)Cc1ccccc1CNC(=O)CC1CNC1. The van der Waals surface area contributed by atoms with Gasteiger partial charge in [0.2, 0.25) is 5.91 Å². The Morgan fingerprint density at radius 1 is 1.32 bits per heavy atom. The lowest BCUT2D eigenvalue weighted by Gasteiger charge is -2.26. The van der Waals surface area contributed by atoms with Gasteiger partial charge in [-0.2, -0.15) is 0 Å². The van der Waals surface area contributed by atoms with Crippen LogP contribution in [-0.4, -0.2) is 38.0 Å². The van der Waals surface area contributed by atoms with Gasteiger partial charge in [-0.25, -0.2) is 0 Å². The molecule has 1 saturated heterocycles. The molecule has 0 atom stereocenters. The van der Waals surface area contributed by atoms with Crippen molar-refractivity contribution in [3.63, 3.8) is 0 Å². The largest absolute Gasteiger partial charge is 0.352 e. The predicted molar refractivity (Wildman–Crippen MR) is 76.7 cm³/mol. The van der Waals surface area contributed by atoms with Crippen molar-refractivity contribution in [2.45, 2.75) is 19.5 Å². The third kappa shape index (κ3) is 4.33. The molecule has 2 N–H and O–H groups in total. The molecule has 1 amide bonds. The average Bonchev–Trinajstić information content (AvgIpc) is 2.32. The first-order chi connectivity index (χ1) is 9.15. The molecule has 19 heavy (non-hydrogen) atoms. The minimum absolute atomic E-state index is 0.158. The van der Waals surface area contributed by atoms with Gasteiger partial charge in [0.05, 0.1) is 0 Å². The Hall–Kier alpha value is -1.39. The van der Waals surface area contributed by atoms with Crippen LogP contribution in [0.2, 0.25) is 0 Å². The minimum Gasteiger partial charge on any atom is -0.352 e. The zero-order valence-electron chi connectivity index (χ0n) is 11.8. The Balaban J connectivity index is 1.85. The van der Waals surface area contributed by atoms with Crippen LogP contribution in [0.15, 0.2) is 24.3 Å². The van der Waals surface area contributed by atoms with E-state index in [2.05, 4.69) is 41.8 Å². The van der Waals surface area contributed by atoms with Gasteiger partial charge in [-0.1, -0.05) is 24.3 Å². The van der Waals surface area contributed by atoms with E-state index in [1.54, 1.807) is 0 Å². The van der Waals surface area contributed by atoms with E-state index in [4.69, 9.17) is 0 Å². The maximum Gasteiger partial charge on any atom is 0.220 e. The summed E-state index contributed by atoms with van der Waals surface area (Å²) in [6, 6.07) is 8.28. The second-order valence-corrected chi connectivity index (χ2v) is 5.51. The Bertz CT molecular complexity index is 427. The summed E-state index contributed by atoms with van der Waals surface area (Å²) in [4.78, 5) is 13.9. The zero-order valence-corrected chi connectivity index (χ0v) is 11.8. The molecule has 0 bridgehead atoms. The van der Waals surface area contributed by atoms with Gasteiger partial charge in [0.15, 0.2) is 0 Å². The van der Waals surface area contributed by atoms with E-state index in [-0.39, 0.29) is 5.91 Å². The molecular formula is C15H23N3O. The second kappa shape index (κ2) is 6.68. The van der Waals surface area contributed by atoms with Gasteiger partial charge in [-0.3, -0.25) is 4.79 Å². The highest BCUT2D eigenvalue weighted by atomic mass is 16.1. The fourth-order valence-corrected chi connectivity index (χ4v) is 2.25. The summed E-state index contributed by atoms with van der Waals surface area (Å²) in [7, 11) is 4.11. The third-order valence-corrected chi connectivity index (χ3v) is 3.42. The van der Waals surface area contributed by atoms with Gasteiger partial charge < -0.3 is 15.5 Å². The Morgan fingerprint density at radius 3 is 2.58 bits per heavy atom. The van der Waals surface area contributed by atoms with Crippen LogP contribution in [0.3, 0.4) is 0 Å². The molecule has 1 aliphatic rings. The standard InChI is InChI=1S/C15H23N3O/c1-18(2)11-14-6-4-3-5-13(14)10-17-15(19)7-12-8-16-9-12/h3-6,12,16H,7-11H2,1-2H3,(H,17,19). The van der Waals surface area contributed by atoms with Crippen molar-refractivity contribution in [3.05, 3.63) is 35.4 Å². The predicted octanol–water partition coefficient (Wildman–Crippen LogP) is 0.974. The number of nitrogens with one attached hydrogen (secondary N) is 2. The molecule has 0 aliphatic carbocycles. The highest BCUT2D eigenvalue weighted by molar-refractivity contribution is 5.76. The molecule has 1 heterocycles. The van der Waals surface area contributed by atoms with Crippen LogP contribution in [-0.2, 0) is 17.9 Å². The number of carbonyl (C=O) groups excluding carboxylic acids is 1. The van der Waals surface area contributed by atoms with Crippen LogP contribution in [0.1, 0.15) is 17.5 Å². The molecule has 0 aromatic heterocycles. The van der Waals surface area contributed by atoms with Crippen molar-refractivity contribution in [1.82, 2.24) is 15.5 Å². The lowest BCUT2D eigenvalue weighted by molar-refractivity contribution is -0.122. The lowest BCUT2D eigenvalue weighted by Crippen LogP contribution is -2.44. The van der Waals surface area contributed by atoms with Gasteiger partial charge in [0.25, 0.3) is 0 Å². The number of amides is 1. The Morgan fingerprint density at radius 2 is 2.00 bits per heavy atom. The average molecular weight is 261 g/mol. The number of rotatable bonds is 6. The van der Waals surface area contributed by atoms with Crippen LogP contribution in [0.4, 0.5) is 0 Å². The molecule has 0 saturated carbocycles. The smallest absolute Gasteiger partial charge is 0.220 e. The maximum atomic E-state index is 11.8. The molecule has 0 unspecified atom stereocenters. The zero-order chi connectivity index (χ0) is 13.7. The fraction of sp³-hybridized carbons (Fsp3) is 0.533. The van der Waals surface area contributed by atoms with Crippen LogP contribution < -0.4 is 10.6 Å². The fourth-order valence-electron chi connectivity index (χ4n) is 2.25. The summed E-state index contributed by atoms with van der Waals surface area (Å²) < 4.78 is 0. The Labute approximate surface area is 115 Å². The number of hydrogen-bond donors (Lipinski definition) is 2. The summed E-state index contributed by atoms with van der Waals surface area (Å²) in [6.45, 7) is 3.48. The van der Waals surface area contributed by atoms with Gasteiger partial charge in [0, 0.05) is 19.5 Å². The normalized spacial score (nSPS) is 15.3. The topological polar surface area (TPSA) is 44.4 Å². The van der Waals surface area contributed by atoms with E-state index < -0.39 is 0 Å². The third-order valence-electron chi connectivity index (χ3n) is 3.42. The maximum absolute atomic E-state index is 11.8. The Kier molecular flexibility index (Phi) is 4.93. The molecule has 4 nitrogen and oxygen atoms in total. The van der Waals surface area contributed by atoms with E-state index in [0.29, 0.717) is 18.9 Å². The summed E-state index contributed by atoms with van der Waals surface area (Å²) >= 11 is 0. The number of carbonyl (C=O) groups is 1. The van der Waals surface area contributed by atoms with Crippen LogP contribution in [0.25, 0.3) is 0 Å². The van der Waals surface area contributed by atoms with Crippen LogP contribution >= 0.6 is 0 Å². The number of hydrogen-bond acceptors (Lipinski definition) is 3. The first kappa shape index (κ1) is 14.0. The van der Waals surface area contributed by atoms with Crippen molar-refractivity contribution >= 4 is 5.91 Å². The van der Waals surface area contributed by atoms with E-state index in [9.17, 15) is 4.79 Å². The van der Waals surface area contributed by atoms with Crippen LogP contribution in [0.5, 0.6) is 0 Å². The van der Waals surface area contributed by atoms with Crippen molar-refractivity contribution in [3.8, 4) is 0 Å². The van der Waals surface area contributed by atoms with Crippen LogP contribution in [0, 0.1) is 5.92 Å². The van der Waals surface area contributed by atoms with Crippen molar-refractivity contribution in [1.29, 1.82) is 0 Å². The quantitative estimate of drug-likeness (QED) is 0.802. The highest BCUT2D eigenvalue weighted by Crippen LogP contribution is 2.11. The van der Waals surface area contributed by atoms with Gasteiger partial charge >= 0.3 is 0 Å². The van der Waals surface area contributed by atoms with Crippen molar-refractivity contribution < 1.29 is 4.79 Å². The lowest BCUT2D eigenvalue weighted by atomic mass is 9.99. The van der Waals surface area contributed by atoms with E-state index >= 15 is 0 Å². The summed E-state index contributed by atoms with van der Waals surface area (Å²) in [5.41, 5.74) is 2.48. The number of benzene rings is 1. The van der Waals surface area contributed by atoms with Crippen molar-refractivity contribution in [2.75, 3.05) is 27.2 Å². The van der Waals surface area contributed by atoms with Crippen molar-refractivity contribution in [2.24, 2.45) is 5.92 Å². The van der Waals surface area contributed by atoms with E-state index in [1.165, 1.54) is 11.1 Å². The van der Waals surface area contributed by atoms with E-state index in [1.807, 2.05) is 12.1 Å². The van der Waals surface area contributed by atoms with Gasteiger partial charge in [-0.05, 0) is 44.2 Å². The van der Waals surface area contributed by atoms with Gasteiger partial charge in [-0.15, -0.1) is 0 Å². The monoisotopic (exact) mass is 261 g/mol. The first-order valence-corrected chi connectivity index (χ1v) is 6.84. The minimum atomic E-state index is 0.158. The molecule has 1 aliphatic heterocycles. The highest BCUT2D eigenvalue weighted by Gasteiger charge is 2.19. The molecule has 4 heteroatoms. The molecular weight excluding hydrogens is 238 g/mol. The molecule has 2 rings (SSSR count). The first-order valence-electron chi connectivity index (χ1n) is 6.84. The summed E-state index contributed by atoms with van der Waals surface area (Å²) in [6.07, 6.45) is 0.642. The molecule has 0 spiro atoms. The molecule has 0 radical (unpaired) electrons. The molecule has 1 aromatic rings. The second-order valence-electron chi connectivity index (χ2n) is 5.51. The van der Waals surface area contributed by atoms with Gasteiger partial charge in [0.1, 0.15) is 0 Å². The molecule has 1 fully saturated rings. The molecule has 1 aromatic carbocycles. The summed E-state index contributed by atoms with van der Waals surface area (Å²) in [5.74, 6) is 0.683. The summed E-state index contributed by atoms with van der Waals surface area (Å²) in [5, 5.41) is 6.21.